The number of carbonyl (C=O) groups excluding carboxylic acids is 3. The minimum Gasteiger partial charge on any atom is -0.485 e. The quantitative estimate of drug-likeness (QED) is 0.368. The number of nitrogens with one attached hydrogen (secondary N) is 1. The molecule has 6 nitrogen and oxygen atoms in total. The Morgan fingerprint density at radius 1 is 1.32 bits per heavy atom. The van der Waals surface area contributed by atoms with Crippen LogP contribution >= 0.6 is 11.8 Å². The van der Waals surface area contributed by atoms with Gasteiger partial charge in [-0.25, -0.2) is 0 Å². The second-order valence-corrected chi connectivity index (χ2v) is 7.57. The first-order chi connectivity index (χ1) is 13.3. The number of imide groups is 1. The molecule has 2 amide bonds. The zero-order chi connectivity index (χ0) is 20.7. The Morgan fingerprint density at radius 2 is 2.00 bits per heavy atom. The SMILES string of the molecule is C=CC(C)(/C=C\C(=C)C(=O)COc1ccc(CC2SC(=O)NC2=O)cc1)OC. The summed E-state index contributed by atoms with van der Waals surface area (Å²) >= 11 is 0.993. The number of hydrogen-bond donors (Lipinski definition) is 1. The molecule has 1 saturated heterocycles. The molecule has 148 valence electrons. The molecule has 1 aromatic rings. The van der Waals surface area contributed by atoms with E-state index in [1.165, 1.54) is 0 Å². The second-order valence-electron chi connectivity index (χ2n) is 6.39. The summed E-state index contributed by atoms with van der Waals surface area (Å²) in [5.74, 6) is 0.00945. The first kappa shape index (κ1) is 21.7. The lowest BCUT2D eigenvalue weighted by molar-refractivity contribution is -0.119. The predicted molar refractivity (Wildman–Crippen MR) is 109 cm³/mol. The Hall–Kier alpha value is -2.64. The number of rotatable bonds is 10. The minimum atomic E-state index is -0.668. The Kier molecular flexibility index (Phi) is 7.37. The van der Waals surface area contributed by atoms with Gasteiger partial charge in [0.1, 0.15) is 11.4 Å². The van der Waals surface area contributed by atoms with Gasteiger partial charge in [0.25, 0.3) is 5.24 Å². The molecule has 2 rings (SSSR count). The topological polar surface area (TPSA) is 81.7 Å². The molecule has 2 unspecified atom stereocenters. The molecule has 7 heteroatoms. The van der Waals surface area contributed by atoms with Crippen LogP contribution in [0.15, 0.2) is 61.2 Å². The van der Waals surface area contributed by atoms with Crippen molar-refractivity contribution in [3.63, 3.8) is 0 Å². The Bertz CT molecular complexity index is 815. The fourth-order valence-electron chi connectivity index (χ4n) is 2.28. The number of Topliss-reactive ketones (excluding diaryl/α,β-unsaturated/α-hetero) is 1. The number of methoxy groups -OCH3 is 1. The van der Waals surface area contributed by atoms with Crippen molar-refractivity contribution in [3.8, 4) is 5.75 Å². The number of ether oxygens (including phenoxy) is 2. The normalized spacial score (nSPS) is 18.6. The monoisotopic (exact) mass is 401 g/mol. The zero-order valence-corrected chi connectivity index (χ0v) is 16.7. The van der Waals surface area contributed by atoms with Crippen molar-refractivity contribution in [1.82, 2.24) is 5.32 Å². The highest BCUT2D eigenvalue weighted by atomic mass is 32.2. The number of allylic oxidation sites excluding steroid dienone is 1. The number of hydrogen-bond acceptors (Lipinski definition) is 6. The molecule has 0 bridgehead atoms. The summed E-state index contributed by atoms with van der Waals surface area (Å²) in [6, 6.07) is 7.05. The maximum absolute atomic E-state index is 12.2. The smallest absolute Gasteiger partial charge is 0.286 e. The molecular weight excluding hydrogens is 378 g/mol. The molecule has 1 aromatic carbocycles. The van der Waals surface area contributed by atoms with Crippen LogP contribution in [0.4, 0.5) is 4.79 Å². The van der Waals surface area contributed by atoms with E-state index in [9.17, 15) is 14.4 Å². The fourth-order valence-corrected chi connectivity index (χ4v) is 3.14. The van der Waals surface area contributed by atoms with E-state index in [4.69, 9.17) is 9.47 Å². The van der Waals surface area contributed by atoms with Crippen LogP contribution in [-0.2, 0) is 20.7 Å². The molecule has 28 heavy (non-hydrogen) atoms. The number of thioether (sulfide) groups is 1. The summed E-state index contributed by atoms with van der Waals surface area (Å²) < 4.78 is 10.8. The molecule has 1 heterocycles. The summed E-state index contributed by atoms with van der Waals surface area (Å²) in [5, 5.41) is 1.53. The van der Waals surface area contributed by atoms with E-state index in [0.717, 1.165) is 17.3 Å². The van der Waals surface area contributed by atoms with Gasteiger partial charge in [-0.15, -0.1) is 0 Å². The molecule has 2 atom stereocenters. The molecule has 0 radical (unpaired) electrons. The van der Waals surface area contributed by atoms with Crippen LogP contribution in [-0.4, -0.2) is 41.5 Å². The van der Waals surface area contributed by atoms with Crippen molar-refractivity contribution in [1.29, 1.82) is 0 Å². The second kappa shape index (κ2) is 9.52. The lowest BCUT2D eigenvalue weighted by Crippen LogP contribution is -2.25. The van der Waals surface area contributed by atoms with E-state index in [0.29, 0.717) is 17.7 Å². The average molecular weight is 401 g/mol. The average Bonchev–Trinajstić information content (AvgIpc) is 3.01. The molecule has 0 spiro atoms. The minimum absolute atomic E-state index is 0.143. The van der Waals surface area contributed by atoms with Crippen molar-refractivity contribution in [2.75, 3.05) is 13.7 Å². The van der Waals surface area contributed by atoms with Crippen molar-refractivity contribution >= 4 is 28.7 Å². The first-order valence-electron chi connectivity index (χ1n) is 8.59. The van der Waals surface area contributed by atoms with Crippen molar-refractivity contribution in [2.45, 2.75) is 24.2 Å². The van der Waals surface area contributed by atoms with Crippen LogP contribution in [0.3, 0.4) is 0 Å². The van der Waals surface area contributed by atoms with Crippen LogP contribution in [0.1, 0.15) is 12.5 Å². The van der Waals surface area contributed by atoms with Crippen LogP contribution < -0.4 is 10.1 Å². The Balaban J connectivity index is 1.85. The number of carbonyl (C=O) groups is 3. The maximum Gasteiger partial charge on any atom is 0.286 e. The standard InChI is InChI=1S/C21H23NO5S/c1-5-21(3,26-4)11-10-14(2)17(23)13-27-16-8-6-15(7-9-16)12-18-19(24)22-20(25)28-18/h5-11,18H,1-2,12-13H2,3-4H3,(H,22,24,25)/b11-10-. The van der Waals surface area contributed by atoms with Crippen molar-refractivity contribution in [3.05, 3.63) is 66.8 Å². The molecule has 1 aliphatic rings. The summed E-state index contributed by atoms with van der Waals surface area (Å²) in [7, 11) is 1.55. The third kappa shape index (κ3) is 5.94. The van der Waals surface area contributed by atoms with Gasteiger partial charge in [0.2, 0.25) is 5.91 Å². The molecule has 1 fully saturated rings. The molecular formula is C21H23NO5S. The number of amides is 2. The maximum atomic E-state index is 12.2. The van der Waals surface area contributed by atoms with Gasteiger partial charge in [-0.05, 0) is 37.1 Å². The first-order valence-corrected chi connectivity index (χ1v) is 9.47. The number of benzene rings is 1. The van der Waals surface area contributed by atoms with Crippen LogP contribution in [0, 0.1) is 0 Å². The predicted octanol–water partition coefficient (Wildman–Crippen LogP) is 3.23. The number of ketones is 1. The fraction of sp³-hybridized carbons (Fsp3) is 0.286. The molecule has 0 aliphatic carbocycles. The highest BCUT2D eigenvalue weighted by Gasteiger charge is 2.31. The van der Waals surface area contributed by atoms with Gasteiger partial charge in [0.05, 0.1) is 5.25 Å². The summed E-state index contributed by atoms with van der Waals surface area (Å²) in [6.07, 6.45) is 5.37. The van der Waals surface area contributed by atoms with Gasteiger partial charge in [-0.1, -0.05) is 49.2 Å². The zero-order valence-electron chi connectivity index (χ0n) is 15.9. The Morgan fingerprint density at radius 3 is 2.54 bits per heavy atom. The largest absolute Gasteiger partial charge is 0.485 e. The third-order valence-corrected chi connectivity index (χ3v) is 5.28. The van der Waals surface area contributed by atoms with E-state index in [1.54, 1.807) is 49.6 Å². The lowest BCUT2D eigenvalue weighted by Gasteiger charge is -2.19. The van der Waals surface area contributed by atoms with Gasteiger partial charge in [0.15, 0.2) is 12.4 Å². The summed E-state index contributed by atoms with van der Waals surface area (Å²) in [6.45, 7) is 9.12. The van der Waals surface area contributed by atoms with E-state index >= 15 is 0 Å². The van der Waals surface area contributed by atoms with Gasteiger partial charge >= 0.3 is 0 Å². The highest BCUT2D eigenvalue weighted by molar-refractivity contribution is 8.15. The molecule has 1 N–H and O–H groups in total. The van der Waals surface area contributed by atoms with E-state index in [2.05, 4.69) is 18.5 Å². The van der Waals surface area contributed by atoms with E-state index in [1.807, 2.05) is 6.92 Å². The van der Waals surface area contributed by atoms with Crippen molar-refractivity contribution < 1.29 is 23.9 Å². The van der Waals surface area contributed by atoms with Crippen LogP contribution in [0.25, 0.3) is 0 Å². The Labute approximate surface area is 168 Å². The van der Waals surface area contributed by atoms with E-state index in [-0.39, 0.29) is 23.5 Å². The summed E-state index contributed by atoms with van der Waals surface area (Å²) in [4.78, 5) is 35.0. The lowest BCUT2D eigenvalue weighted by atomic mass is 10.0. The molecule has 1 aliphatic heterocycles. The van der Waals surface area contributed by atoms with Crippen LogP contribution in [0.5, 0.6) is 5.75 Å². The molecule has 0 aromatic heterocycles. The van der Waals surface area contributed by atoms with Crippen LogP contribution in [0.2, 0.25) is 0 Å². The van der Waals surface area contributed by atoms with Gasteiger partial charge < -0.3 is 9.47 Å². The third-order valence-electron chi connectivity index (χ3n) is 4.30. The van der Waals surface area contributed by atoms with Gasteiger partial charge in [-0.2, -0.15) is 0 Å². The van der Waals surface area contributed by atoms with Crippen molar-refractivity contribution in [2.24, 2.45) is 0 Å². The van der Waals surface area contributed by atoms with Gasteiger partial charge in [0, 0.05) is 12.7 Å². The molecule has 0 saturated carbocycles. The highest BCUT2D eigenvalue weighted by Crippen LogP contribution is 2.24. The summed E-state index contributed by atoms with van der Waals surface area (Å²) in [5.41, 5.74) is 0.534. The van der Waals surface area contributed by atoms with Gasteiger partial charge in [-0.3, -0.25) is 19.7 Å². The van der Waals surface area contributed by atoms with E-state index < -0.39 is 10.9 Å².